The molecule has 0 aliphatic carbocycles. The quantitative estimate of drug-likeness (QED) is 0.275. The number of aliphatic hydroxyl groups excluding tert-OH is 1. The normalized spacial score (nSPS) is 25.9. The SMILES string of the molecule is C=CC1C[N+]2(Cc3cc(OC)c(OC)cc3N)CCC1CC2[C@@H](O)c1ccnc2ccc(OC)cc12. The van der Waals surface area contributed by atoms with Gasteiger partial charge in [-0.2, -0.15) is 0 Å². The van der Waals surface area contributed by atoms with Gasteiger partial charge in [0.15, 0.2) is 11.5 Å². The summed E-state index contributed by atoms with van der Waals surface area (Å²) in [4.78, 5) is 4.52. The maximum Gasteiger partial charge on any atom is 0.162 e. The summed E-state index contributed by atoms with van der Waals surface area (Å²) in [7, 11) is 4.91. The number of piperidine rings is 3. The number of fused-ring (bicyclic) bond motifs is 4. The molecule has 4 unspecified atom stereocenters. The number of aromatic nitrogens is 1. The Morgan fingerprint density at radius 1 is 1.14 bits per heavy atom. The van der Waals surface area contributed by atoms with Crippen molar-refractivity contribution in [1.29, 1.82) is 0 Å². The molecule has 3 N–H and O–H groups in total. The summed E-state index contributed by atoms with van der Waals surface area (Å²) in [5.41, 5.74) is 9.95. The summed E-state index contributed by atoms with van der Waals surface area (Å²) in [5.74, 6) is 2.97. The summed E-state index contributed by atoms with van der Waals surface area (Å²) in [6, 6.07) is 11.6. The van der Waals surface area contributed by atoms with Gasteiger partial charge in [0.1, 0.15) is 24.4 Å². The minimum atomic E-state index is -0.655. The molecule has 5 atom stereocenters. The van der Waals surface area contributed by atoms with Crippen molar-refractivity contribution in [2.24, 2.45) is 11.8 Å². The summed E-state index contributed by atoms with van der Waals surface area (Å²) in [5, 5.41) is 12.9. The second-order valence-corrected chi connectivity index (χ2v) is 10.2. The zero-order chi connectivity index (χ0) is 25.4. The number of rotatable bonds is 8. The zero-order valence-corrected chi connectivity index (χ0v) is 21.3. The van der Waals surface area contributed by atoms with E-state index in [1.165, 1.54) is 0 Å². The molecule has 7 heteroatoms. The number of anilines is 1. The van der Waals surface area contributed by atoms with Crippen LogP contribution >= 0.6 is 0 Å². The number of nitrogens with two attached hydrogens (primary N) is 1. The summed E-state index contributed by atoms with van der Waals surface area (Å²) < 4.78 is 17.3. The highest BCUT2D eigenvalue weighted by Gasteiger charge is 2.54. The minimum Gasteiger partial charge on any atom is -0.497 e. The minimum absolute atomic E-state index is 0.0178. The number of hydrogen-bond acceptors (Lipinski definition) is 6. The predicted molar refractivity (Wildman–Crippen MR) is 141 cm³/mol. The molecule has 1 aromatic heterocycles. The third-order valence-corrected chi connectivity index (χ3v) is 8.47. The molecule has 4 heterocycles. The van der Waals surface area contributed by atoms with Gasteiger partial charge in [0.2, 0.25) is 0 Å². The third-order valence-electron chi connectivity index (χ3n) is 8.47. The van der Waals surface area contributed by atoms with Crippen LogP contribution in [0.25, 0.3) is 10.9 Å². The van der Waals surface area contributed by atoms with Crippen molar-refractivity contribution >= 4 is 16.6 Å². The van der Waals surface area contributed by atoms with E-state index in [4.69, 9.17) is 19.9 Å². The molecule has 0 radical (unpaired) electrons. The highest BCUT2D eigenvalue weighted by Crippen LogP contribution is 2.49. The molecular formula is C29H36N3O4+. The number of aliphatic hydroxyl groups is 1. The molecular weight excluding hydrogens is 454 g/mol. The molecule has 2 aromatic carbocycles. The molecule has 6 rings (SSSR count). The van der Waals surface area contributed by atoms with Gasteiger partial charge in [0.25, 0.3) is 0 Å². The molecule has 0 spiro atoms. The van der Waals surface area contributed by atoms with Crippen LogP contribution in [-0.2, 0) is 6.54 Å². The summed E-state index contributed by atoms with van der Waals surface area (Å²) in [6.07, 6.45) is 5.27. The van der Waals surface area contributed by atoms with Crippen molar-refractivity contribution in [3.05, 3.63) is 66.4 Å². The fraction of sp³-hybridized carbons (Fsp3) is 0.414. The Hall–Kier alpha value is -3.29. The standard InChI is InChI=1S/C29H36N3O4/c1-5-18-16-32(17-20-13-27(35-3)28(36-4)15-24(20)30)11-9-19(18)12-26(32)29(33)22-8-10-31-25-7-6-21(34-2)14-23(22)25/h5-8,10,13-15,18-19,26,29,33H,1,9,11-12,16-17,30H2,2-4H3/q+1/t18?,19?,26?,29-,32?/m0/s1. The molecule has 36 heavy (non-hydrogen) atoms. The first kappa shape index (κ1) is 24.4. The molecule has 0 saturated carbocycles. The highest BCUT2D eigenvalue weighted by molar-refractivity contribution is 5.84. The Morgan fingerprint density at radius 2 is 1.92 bits per heavy atom. The predicted octanol–water partition coefficient (Wildman–Crippen LogP) is 4.49. The van der Waals surface area contributed by atoms with Crippen LogP contribution in [0.2, 0.25) is 0 Å². The van der Waals surface area contributed by atoms with E-state index < -0.39 is 6.10 Å². The Balaban J connectivity index is 1.57. The van der Waals surface area contributed by atoms with Crippen molar-refractivity contribution in [3.63, 3.8) is 0 Å². The number of hydrogen-bond donors (Lipinski definition) is 2. The first-order valence-corrected chi connectivity index (χ1v) is 12.5. The maximum absolute atomic E-state index is 12.0. The van der Waals surface area contributed by atoms with Gasteiger partial charge in [-0.25, -0.2) is 0 Å². The first-order chi connectivity index (χ1) is 17.4. The van der Waals surface area contributed by atoms with Gasteiger partial charge in [-0.3, -0.25) is 4.98 Å². The summed E-state index contributed by atoms with van der Waals surface area (Å²) in [6.45, 7) is 6.76. The van der Waals surface area contributed by atoms with Gasteiger partial charge in [0, 0.05) is 47.7 Å². The van der Waals surface area contributed by atoms with Crippen LogP contribution in [0.4, 0.5) is 5.69 Å². The van der Waals surface area contributed by atoms with Gasteiger partial charge in [0.05, 0.1) is 39.9 Å². The molecule has 3 fully saturated rings. The lowest BCUT2D eigenvalue weighted by molar-refractivity contribution is -0.984. The molecule has 190 valence electrons. The number of nitrogens with zero attached hydrogens (tertiary/aromatic N) is 2. The largest absolute Gasteiger partial charge is 0.497 e. The Kier molecular flexibility index (Phi) is 6.53. The molecule has 3 aliphatic heterocycles. The average Bonchev–Trinajstić information content (AvgIpc) is 2.92. The van der Waals surface area contributed by atoms with Crippen LogP contribution < -0.4 is 19.9 Å². The Labute approximate surface area is 212 Å². The van der Waals surface area contributed by atoms with E-state index in [9.17, 15) is 5.11 Å². The van der Waals surface area contributed by atoms with Crippen LogP contribution in [0.5, 0.6) is 17.2 Å². The number of ether oxygens (including phenoxy) is 3. The zero-order valence-electron chi connectivity index (χ0n) is 21.3. The molecule has 7 nitrogen and oxygen atoms in total. The molecule has 3 saturated heterocycles. The van der Waals surface area contributed by atoms with Gasteiger partial charge >= 0.3 is 0 Å². The van der Waals surface area contributed by atoms with Gasteiger partial charge < -0.3 is 29.5 Å². The van der Waals surface area contributed by atoms with E-state index in [0.717, 1.165) is 58.2 Å². The lowest BCUT2D eigenvalue weighted by atomic mass is 9.71. The van der Waals surface area contributed by atoms with E-state index in [1.807, 2.05) is 36.4 Å². The monoisotopic (exact) mass is 490 g/mol. The van der Waals surface area contributed by atoms with Crippen LogP contribution in [0.3, 0.4) is 0 Å². The second kappa shape index (κ2) is 9.64. The summed E-state index contributed by atoms with van der Waals surface area (Å²) >= 11 is 0. The molecule has 3 aliphatic rings. The fourth-order valence-corrected chi connectivity index (χ4v) is 6.53. The number of pyridine rings is 1. The Bertz CT molecular complexity index is 1280. The van der Waals surface area contributed by atoms with E-state index in [2.05, 4.69) is 17.6 Å². The highest BCUT2D eigenvalue weighted by atomic mass is 16.5. The van der Waals surface area contributed by atoms with Crippen molar-refractivity contribution in [2.45, 2.75) is 31.5 Å². The molecule has 0 amide bonds. The van der Waals surface area contributed by atoms with Crippen LogP contribution in [0, 0.1) is 11.8 Å². The van der Waals surface area contributed by atoms with Crippen molar-refractivity contribution in [1.82, 2.24) is 4.98 Å². The smallest absolute Gasteiger partial charge is 0.162 e. The van der Waals surface area contributed by atoms with Crippen LogP contribution in [0.15, 0.2) is 55.3 Å². The lowest BCUT2D eigenvalue weighted by Gasteiger charge is -2.58. The Morgan fingerprint density at radius 3 is 2.64 bits per heavy atom. The van der Waals surface area contributed by atoms with E-state index >= 15 is 0 Å². The average molecular weight is 491 g/mol. The van der Waals surface area contributed by atoms with Gasteiger partial charge in [-0.05, 0) is 41.8 Å². The van der Waals surface area contributed by atoms with Crippen LogP contribution in [-0.4, -0.2) is 55.0 Å². The molecule has 3 aromatic rings. The van der Waals surface area contributed by atoms with Crippen LogP contribution in [0.1, 0.15) is 30.1 Å². The fourth-order valence-electron chi connectivity index (χ4n) is 6.53. The molecule has 2 bridgehead atoms. The van der Waals surface area contributed by atoms with Gasteiger partial charge in [-0.15, -0.1) is 6.58 Å². The van der Waals surface area contributed by atoms with E-state index in [-0.39, 0.29) is 6.04 Å². The number of nitrogen functional groups attached to an aromatic ring is 1. The van der Waals surface area contributed by atoms with Crippen molar-refractivity contribution in [3.8, 4) is 17.2 Å². The lowest BCUT2D eigenvalue weighted by Crippen LogP contribution is -2.67. The van der Waals surface area contributed by atoms with Gasteiger partial charge in [-0.1, -0.05) is 6.08 Å². The van der Waals surface area contributed by atoms with E-state index in [1.54, 1.807) is 27.5 Å². The number of quaternary nitrogens is 1. The number of benzene rings is 2. The first-order valence-electron chi connectivity index (χ1n) is 12.5. The van der Waals surface area contributed by atoms with Crippen molar-refractivity contribution in [2.75, 3.05) is 40.2 Å². The number of methoxy groups -OCH3 is 3. The van der Waals surface area contributed by atoms with E-state index in [0.29, 0.717) is 35.6 Å². The third kappa shape index (κ3) is 4.06. The topological polar surface area (TPSA) is 86.8 Å². The second-order valence-electron chi connectivity index (χ2n) is 10.2. The van der Waals surface area contributed by atoms with Crippen molar-refractivity contribution < 1.29 is 23.8 Å². The maximum atomic E-state index is 12.0.